The summed E-state index contributed by atoms with van der Waals surface area (Å²) in [5.74, 6) is 0.839. The van der Waals surface area contributed by atoms with Gasteiger partial charge in [-0.3, -0.25) is 28.7 Å². The van der Waals surface area contributed by atoms with Crippen LogP contribution in [-0.2, 0) is 28.4 Å². The van der Waals surface area contributed by atoms with Crippen LogP contribution < -0.4 is 22.5 Å². The number of azide groups is 1. The lowest BCUT2D eigenvalue weighted by molar-refractivity contribution is -0.0415. The Labute approximate surface area is 272 Å². The number of H-pyrrole nitrogens is 2. The highest BCUT2D eigenvalue weighted by molar-refractivity contribution is 8.76. The minimum absolute atomic E-state index is 0.0278. The third-order valence-electron chi connectivity index (χ3n) is 6.67. The Morgan fingerprint density at radius 3 is 2.09 bits per heavy atom. The maximum Gasteiger partial charge on any atom is 0.508 e. The third-order valence-corrected chi connectivity index (χ3v) is 9.01. The van der Waals surface area contributed by atoms with Crippen molar-refractivity contribution in [1.29, 1.82) is 0 Å². The summed E-state index contributed by atoms with van der Waals surface area (Å²) in [6, 6.07) is -0.728. The molecule has 1 saturated heterocycles. The molecule has 0 bridgehead atoms. The van der Waals surface area contributed by atoms with Crippen LogP contribution >= 0.6 is 21.6 Å². The number of aryl methyl sites for hydroxylation is 2. The number of aromatic amines is 2. The molecule has 2 aliphatic heterocycles. The van der Waals surface area contributed by atoms with Gasteiger partial charge < -0.3 is 28.4 Å². The summed E-state index contributed by atoms with van der Waals surface area (Å²) in [5, 5.41) is 3.66. The third kappa shape index (κ3) is 10.0. The molecular weight excluding hydrogens is 666 g/mol. The van der Waals surface area contributed by atoms with Gasteiger partial charge in [-0.15, -0.1) is 0 Å². The number of carbonyl (C=O) groups is 2. The number of nitrogens with one attached hydrogen (secondary N) is 2. The zero-order chi connectivity index (χ0) is 33.9. The number of hydrogen-bond acceptors (Lipinski definition) is 15. The molecular formula is C26H31N7O12S2. The van der Waals surface area contributed by atoms with Gasteiger partial charge in [-0.2, -0.15) is 0 Å². The summed E-state index contributed by atoms with van der Waals surface area (Å²) in [4.78, 5) is 78.4. The minimum atomic E-state index is -0.959. The van der Waals surface area contributed by atoms with E-state index in [-0.39, 0.29) is 32.8 Å². The lowest BCUT2D eigenvalue weighted by Gasteiger charge is -2.16. The van der Waals surface area contributed by atoms with Gasteiger partial charge in [-0.05, 0) is 25.5 Å². The van der Waals surface area contributed by atoms with Crippen molar-refractivity contribution in [3.8, 4) is 0 Å². The van der Waals surface area contributed by atoms with Gasteiger partial charge in [0.1, 0.15) is 44.9 Å². The molecule has 5 atom stereocenters. The van der Waals surface area contributed by atoms with Gasteiger partial charge in [0, 0.05) is 46.4 Å². The van der Waals surface area contributed by atoms with Crippen LogP contribution in [0, 0.1) is 13.8 Å². The summed E-state index contributed by atoms with van der Waals surface area (Å²) in [6.45, 7) is 2.76. The van der Waals surface area contributed by atoms with Crippen LogP contribution in [0.1, 0.15) is 30.0 Å². The first-order valence-corrected chi connectivity index (χ1v) is 16.6. The molecule has 0 spiro atoms. The SMILES string of the molecule is Cc1cn([C@H]2C=CC(COC(=O)OCCSSCCOC(=O)OC[C@H]3O[C@@H](n4cc(C)c(=O)[nH]c4=O)C[C@H]3N=[N+]=[N-])O2)c(=O)[nH]c1=O. The topological polar surface area (TPSA) is 248 Å². The van der Waals surface area contributed by atoms with Crippen LogP contribution in [0.3, 0.4) is 0 Å². The highest BCUT2D eigenvalue weighted by Crippen LogP contribution is 2.30. The van der Waals surface area contributed by atoms with Gasteiger partial charge in [-0.1, -0.05) is 32.8 Å². The number of aromatic nitrogens is 4. The number of hydrogen-bond donors (Lipinski definition) is 2. The summed E-state index contributed by atoms with van der Waals surface area (Å²) >= 11 is 0. The molecule has 1 fully saturated rings. The average molecular weight is 698 g/mol. The summed E-state index contributed by atoms with van der Waals surface area (Å²) in [6.07, 6.45) is 1.23. The molecule has 19 nitrogen and oxygen atoms in total. The van der Waals surface area contributed by atoms with E-state index in [1.807, 2.05) is 0 Å². The molecule has 2 N–H and O–H groups in total. The highest BCUT2D eigenvalue weighted by atomic mass is 33.1. The van der Waals surface area contributed by atoms with E-state index in [1.165, 1.54) is 50.0 Å². The molecule has 254 valence electrons. The van der Waals surface area contributed by atoms with Crippen LogP contribution in [0.15, 0.2) is 48.8 Å². The number of rotatable bonds is 14. The van der Waals surface area contributed by atoms with Crippen LogP contribution in [0.25, 0.3) is 10.4 Å². The van der Waals surface area contributed by atoms with Crippen LogP contribution in [0.5, 0.6) is 0 Å². The molecule has 0 radical (unpaired) electrons. The van der Waals surface area contributed by atoms with Crippen molar-refractivity contribution < 1.29 is 38.0 Å². The molecule has 0 saturated carbocycles. The average Bonchev–Trinajstić information content (AvgIpc) is 3.67. The fourth-order valence-electron chi connectivity index (χ4n) is 4.36. The zero-order valence-electron chi connectivity index (χ0n) is 25.1. The molecule has 0 aromatic carbocycles. The van der Waals surface area contributed by atoms with E-state index in [4.69, 9.17) is 34.0 Å². The smallest absolute Gasteiger partial charge is 0.433 e. The molecule has 4 rings (SSSR count). The van der Waals surface area contributed by atoms with Crippen molar-refractivity contribution in [2.24, 2.45) is 5.11 Å². The molecule has 1 unspecified atom stereocenters. The highest BCUT2D eigenvalue weighted by Gasteiger charge is 2.37. The van der Waals surface area contributed by atoms with Crippen molar-refractivity contribution >= 4 is 33.9 Å². The minimum Gasteiger partial charge on any atom is -0.433 e. The molecule has 0 aliphatic carbocycles. The van der Waals surface area contributed by atoms with E-state index in [0.29, 0.717) is 22.6 Å². The van der Waals surface area contributed by atoms with Crippen molar-refractivity contribution in [2.75, 3.05) is 37.9 Å². The van der Waals surface area contributed by atoms with Crippen LogP contribution in [-0.4, -0.2) is 87.6 Å². The maximum absolute atomic E-state index is 12.2. The molecule has 0 amide bonds. The van der Waals surface area contributed by atoms with Crippen molar-refractivity contribution in [3.63, 3.8) is 0 Å². The lowest BCUT2D eigenvalue weighted by Crippen LogP contribution is -2.33. The number of ether oxygens (including phenoxy) is 6. The Hall–Kier alpha value is -4.43. The molecule has 2 aliphatic rings. The molecule has 2 aromatic heterocycles. The van der Waals surface area contributed by atoms with Crippen molar-refractivity contribution in [3.05, 3.63) is 87.8 Å². The first-order valence-electron chi connectivity index (χ1n) is 14.1. The summed E-state index contributed by atoms with van der Waals surface area (Å²) < 4.78 is 34.0. The van der Waals surface area contributed by atoms with E-state index in [0.717, 1.165) is 0 Å². The first-order chi connectivity index (χ1) is 22.5. The van der Waals surface area contributed by atoms with Crippen molar-refractivity contribution in [2.45, 2.75) is 51.0 Å². The predicted octanol–water partition coefficient (Wildman–Crippen LogP) is 1.81. The van der Waals surface area contributed by atoms with Crippen LogP contribution in [0.4, 0.5) is 9.59 Å². The second-order valence-electron chi connectivity index (χ2n) is 10.0. The Balaban J connectivity index is 1.04. The van der Waals surface area contributed by atoms with Gasteiger partial charge in [0.25, 0.3) is 11.1 Å². The molecule has 21 heteroatoms. The Morgan fingerprint density at radius 1 is 0.894 bits per heavy atom. The number of nitrogens with zero attached hydrogens (tertiary/aromatic N) is 5. The summed E-state index contributed by atoms with van der Waals surface area (Å²) in [7, 11) is 2.74. The largest absolute Gasteiger partial charge is 0.508 e. The zero-order valence-corrected chi connectivity index (χ0v) is 26.7. The fourth-order valence-corrected chi connectivity index (χ4v) is 6.01. The van der Waals surface area contributed by atoms with Gasteiger partial charge in [0.05, 0.1) is 6.04 Å². The fraction of sp³-hybridized carbons (Fsp3) is 0.538. The van der Waals surface area contributed by atoms with E-state index >= 15 is 0 Å². The second kappa shape index (κ2) is 16.9. The van der Waals surface area contributed by atoms with Gasteiger partial charge in [0.15, 0.2) is 6.23 Å². The normalized spacial score (nSPS) is 21.6. The predicted molar refractivity (Wildman–Crippen MR) is 166 cm³/mol. The standard InChI is InChI=1S/C26H31N7O12S2/c1-14-10-32(23(36)28-21(14)34)19-4-3-16(44-19)12-42-25(38)40-5-7-46-47-8-6-41-26(39)43-13-18-17(30-31-27)9-20(45-18)33-11-15(2)22(35)29-24(33)37/h3-4,10-11,16-20H,5-9,12-13H2,1-2H3,(H,28,34,36)(H,29,35,37)/t16?,17-,18-,19-,20-/m1/s1. The Bertz CT molecular complexity index is 1750. The number of carbonyl (C=O) groups excluding carboxylic acids is 2. The monoisotopic (exact) mass is 697 g/mol. The van der Waals surface area contributed by atoms with Gasteiger partial charge >= 0.3 is 23.7 Å². The Morgan fingerprint density at radius 2 is 1.47 bits per heavy atom. The quantitative estimate of drug-likeness (QED) is 0.0544. The lowest BCUT2D eigenvalue weighted by atomic mass is 10.1. The van der Waals surface area contributed by atoms with E-state index in [1.54, 1.807) is 19.1 Å². The van der Waals surface area contributed by atoms with E-state index < -0.39 is 65.5 Å². The van der Waals surface area contributed by atoms with Crippen molar-refractivity contribution in [1.82, 2.24) is 19.1 Å². The van der Waals surface area contributed by atoms with E-state index in [9.17, 15) is 28.8 Å². The summed E-state index contributed by atoms with van der Waals surface area (Å²) in [5.41, 5.74) is 7.22. The molecule has 2 aromatic rings. The Kier molecular flexibility index (Phi) is 12.8. The maximum atomic E-state index is 12.2. The van der Waals surface area contributed by atoms with Gasteiger partial charge in [-0.25, -0.2) is 19.2 Å². The second-order valence-corrected chi connectivity index (χ2v) is 12.7. The van der Waals surface area contributed by atoms with E-state index in [2.05, 4.69) is 20.0 Å². The first kappa shape index (κ1) is 35.4. The molecule has 47 heavy (non-hydrogen) atoms. The van der Waals surface area contributed by atoms with Crippen LogP contribution in [0.2, 0.25) is 0 Å². The molecule has 4 heterocycles. The van der Waals surface area contributed by atoms with Gasteiger partial charge in [0.2, 0.25) is 0 Å².